The van der Waals surface area contributed by atoms with Crippen LogP contribution in [0.5, 0.6) is 5.75 Å². The molecule has 1 aliphatic heterocycles. The number of imidazole rings is 1. The summed E-state index contributed by atoms with van der Waals surface area (Å²) < 4.78 is 7.41. The molecule has 1 saturated heterocycles. The summed E-state index contributed by atoms with van der Waals surface area (Å²) in [6.07, 6.45) is 2.92. The Morgan fingerprint density at radius 1 is 1.27 bits per heavy atom. The number of pyridine rings is 1. The molecule has 0 bridgehead atoms. The van der Waals surface area contributed by atoms with Gasteiger partial charge in [-0.3, -0.25) is 15.0 Å². The summed E-state index contributed by atoms with van der Waals surface area (Å²) in [6, 6.07) is 8.68. The van der Waals surface area contributed by atoms with E-state index in [1.807, 2.05) is 22.7 Å². The first kappa shape index (κ1) is 20.6. The molecule has 0 spiro atoms. The van der Waals surface area contributed by atoms with Gasteiger partial charge >= 0.3 is 5.69 Å². The van der Waals surface area contributed by atoms with E-state index in [2.05, 4.69) is 10.2 Å². The van der Waals surface area contributed by atoms with Gasteiger partial charge in [0, 0.05) is 37.5 Å². The number of halogens is 1. The van der Waals surface area contributed by atoms with Gasteiger partial charge in [-0.25, -0.2) is 4.98 Å². The largest absolute Gasteiger partial charge is 0.487 e. The first-order valence-corrected chi connectivity index (χ1v) is 10.5. The number of nitrogens with zero attached hydrogens (tertiary/aromatic N) is 4. The lowest BCUT2D eigenvalue weighted by atomic mass is 10.1. The molecule has 1 N–H and O–H groups in total. The number of nitro benzene ring substituents is 1. The Hall–Kier alpha value is -2.68. The predicted molar refractivity (Wildman–Crippen MR) is 116 cm³/mol. The van der Waals surface area contributed by atoms with Crippen LogP contribution in [0.25, 0.3) is 16.9 Å². The second-order valence-corrected chi connectivity index (χ2v) is 7.67. The van der Waals surface area contributed by atoms with E-state index in [0.29, 0.717) is 23.7 Å². The van der Waals surface area contributed by atoms with Crippen molar-refractivity contribution in [1.82, 2.24) is 19.6 Å². The van der Waals surface area contributed by atoms with Crippen molar-refractivity contribution < 1.29 is 9.66 Å². The number of hydrogen-bond acceptors (Lipinski definition) is 6. The third kappa shape index (κ3) is 4.26. The molecule has 0 radical (unpaired) electrons. The van der Waals surface area contributed by atoms with Gasteiger partial charge in [0.15, 0.2) is 5.75 Å². The lowest BCUT2D eigenvalue weighted by Crippen LogP contribution is -2.28. The number of rotatable bonds is 6. The van der Waals surface area contributed by atoms with Crippen LogP contribution in [-0.2, 0) is 6.54 Å². The highest BCUT2D eigenvalue weighted by Crippen LogP contribution is 2.34. The van der Waals surface area contributed by atoms with Gasteiger partial charge in [0.1, 0.15) is 5.65 Å². The van der Waals surface area contributed by atoms with Crippen molar-refractivity contribution in [2.75, 3.05) is 32.8 Å². The Labute approximate surface area is 179 Å². The van der Waals surface area contributed by atoms with E-state index in [1.54, 1.807) is 25.1 Å². The molecule has 0 saturated carbocycles. The number of benzene rings is 1. The molecule has 3 heterocycles. The van der Waals surface area contributed by atoms with Crippen molar-refractivity contribution in [2.24, 2.45) is 0 Å². The van der Waals surface area contributed by atoms with Gasteiger partial charge in [0.25, 0.3) is 0 Å². The van der Waals surface area contributed by atoms with Crippen LogP contribution in [0, 0.1) is 10.1 Å². The Bertz CT molecular complexity index is 1060. The minimum Gasteiger partial charge on any atom is -0.487 e. The minimum absolute atomic E-state index is 0.0608. The fourth-order valence-electron chi connectivity index (χ4n) is 3.81. The van der Waals surface area contributed by atoms with E-state index in [9.17, 15) is 10.1 Å². The maximum atomic E-state index is 11.6. The lowest BCUT2D eigenvalue weighted by molar-refractivity contribution is -0.385. The molecule has 4 rings (SSSR count). The number of fused-ring (bicyclic) bond motifs is 1. The van der Waals surface area contributed by atoms with Crippen molar-refractivity contribution >= 4 is 22.9 Å². The van der Waals surface area contributed by atoms with Gasteiger partial charge in [-0.1, -0.05) is 11.6 Å². The van der Waals surface area contributed by atoms with Crippen molar-refractivity contribution in [1.29, 1.82) is 0 Å². The quantitative estimate of drug-likeness (QED) is 0.474. The molecule has 8 nitrogen and oxygen atoms in total. The highest BCUT2D eigenvalue weighted by Gasteiger charge is 2.22. The molecule has 0 unspecified atom stereocenters. The van der Waals surface area contributed by atoms with E-state index in [1.165, 1.54) is 0 Å². The Balaban J connectivity index is 1.81. The SMILES string of the molecule is CCOc1ccc(-c2nc3ccc(Cl)cn3c2CN2CCCNCC2)cc1[N+](=O)[O-]. The lowest BCUT2D eigenvalue weighted by Gasteiger charge is -2.20. The average Bonchev–Trinajstić information content (AvgIpc) is 2.89. The van der Waals surface area contributed by atoms with Crippen molar-refractivity contribution in [2.45, 2.75) is 19.9 Å². The zero-order valence-corrected chi connectivity index (χ0v) is 17.6. The number of nitrogens with one attached hydrogen (secondary N) is 1. The monoisotopic (exact) mass is 429 g/mol. The Kier molecular flexibility index (Phi) is 6.17. The standard InChI is InChI=1S/C21H24ClN5O3/c1-2-30-19-6-4-15(12-17(19)27(28)29)21-18(14-25-10-3-8-23-9-11-25)26-13-16(22)5-7-20(26)24-21/h4-7,12-13,23H,2-3,8-11,14H2,1H3. The molecule has 3 aromatic rings. The number of hydrogen-bond donors (Lipinski definition) is 1. The van der Waals surface area contributed by atoms with Crippen LogP contribution in [0.1, 0.15) is 19.0 Å². The molecule has 0 atom stereocenters. The van der Waals surface area contributed by atoms with Crippen LogP contribution in [-0.4, -0.2) is 52.0 Å². The van der Waals surface area contributed by atoms with Crippen molar-refractivity contribution in [3.8, 4) is 17.0 Å². The zero-order valence-electron chi connectivity index (χ0n) is 16.8. The Morgan fingerprint density at radius 3 is 2.93 bits per heavy atom. The number of aromatic nitrogens is 2. The normalized spacial score (nSPS) is 15.3. The van der Waals surface area contributed by atoms with Crippen molar-refractivity contribution in [3.63, 3.8) is 0 Å². The van der Waals surface area contributed by atoms with Crippen LogP contribution in [0.2, 0.25) is 5.02 Å². The summed E-state index contributed by atoms with van der Waals surface area (Å²) in [5, 5.41) is 15.6. The van der Waals surface area contributed by atoms with Crippen molar-refractivity contribution in [3.05, 3.63) is 57.4 Å². The predicted octanol–water partition coefficient (Wildman–Crippen LogP) is 3.76. The van der Waals surface area contributed by atoms with Crippen LogP contribution in [0.4, 0.5) is 5.69 Å². The first-order chi connectivity index (χ1) is 14.6. The Morgan fingerprint density at radius 2 is 2.13 bits per heavy atom. The second-order valence-electron chi connectivity index (χ2n) is 7.23. The molecule has 2 aromatic heterocycles. The zero-order chi connectivity index (χ0) is 21.1. The van der Waals surface area contributed by atoms with E-state index in [0.717, 1.165) is 49.6 Å². The molecule has 1 aromatic carbocycles. The highest BCUT2D eigenvalue weighted by molar-refractivity contribution is 6.30. The van der Waals surface area contributed by atoms with Crippen LogP contribution in [0.15, 0.2) is 36.5 Å². The molecule has 1 aliphatic rings. The summed E-state index contributed by atoms with van der Waals surface area (Å²) in [6.45, 7) is 6.69. The molecule has 158 valence electrons. The van der Waals surface area contributed by atoms with Gasteiger partial charge in [-0.05, 0) is 50.7 Å². The second kappa shape index (κ2) is 8.99. The van der Waals surface area contributed by atoms with Gasteiger partial charge in [0.2, 0.25) is 0 Å². The van der Waals surface area contributed by atoms with E-state index < -0.39 is 4.92 Å². The third-order valence-electron chi connectivity index (χ3n) is 5.22. The number of ether oxygens (including phenoxy) is 1. The summed E-state index contributed by atoms with van der Waals surface area (Å²) in [4.78, 5) is 18.3. The molecular weight excluding hydrogens is 406 g/mol. The minimum atomic E-state index is -0.415. The summed E-state index contributed by atoms with van der Waals surface area (Å²) in [5.74, 6) is 0.262. The van der Waals surface area contributed by atoms with Gasteiger partial charge < -0.3 is 14.5 Å². The molecular formula is C21H24ClN5O3. The maximum absolute atomic E-state index is 11.6. The van der Waals surface area contributed by atoms with E-state index in [-0.39, 0.29) is 11.4 Å². The number of nitro groups is 1. The summed E-state index contributed by atoms with van der Waals surface area (Å²) in [7, 11) is 0. The first-order valence-electron chi connectivity index (χ1n) is 10.1. The molecule has 30 heavy (non-hydrogen) atoms. The van der Waals surface area contributed by atoms with Crippen LogP contribution in [0.3, 0.4) is 0 Å². The fraction of sp³-hybridized carbons (Fsp3) is 0.381. The smallest absolute Gasteiger partial charge is 0.311 e. The third-order valence-corrected chi connectivity index (χ3v) is 5.44. The van der Waals surface area contributed by atoms with E-state index >= 15 is 0 Å². The fourth-order valence-corrected chi connectivity index (χ4v) is 3.97. The molecule has 0 aliphatic carbocycles. The maximum Gasteiger partial charge on any atom is 0.311 e. The van der Waals surface area contributed by atoms with E-state index in [4.69, 9.17) is 21.3 Å². The summed E-state index contributed by atoms with van der Waals surface area (Å²) >= 11 is 6.26. The van der Waals surface area contributed by atoms with Crippen LogP contribution >= 0.6 is 11.6 Å². The average molecular weight is 430 g/mol. The topological polar surface area (TPSA) is 84.9 Å². The highest BCUT2D eigenvalue weighted by atomic mass is 35.5. The van der Waals surface area contributed by atoms with Crippen LogP contribution < -0.4 is 10.1 Å². The van der Waals surface area contributed by atoms with Gasteiger partial charge in [0.05, 0.1) is 27.9 Å². The molecule has 0 amide bonds. The molecule has 9 heteroatoms. The molecule has 1 fully saturated rings. The van der Waals surface area contributed by atoms with Gasteiger partial charge in [-0.15, -0.1) is 0 Å². The van der Waals surface area contributed by atoms with Gasteiger partial charge in [-0.2, -0.15) is 0 Å². The summed E-state index contributed by atoms with van der Waals surface area (Å²) in [5.41, 5.74) is 3.07.